The molecule has 0 spiro atoms. The van der Waals surface area contributed by atoms with Gasteiger partial charge in [0.05, 0.1) is 11.6 Å². The molecule has 2 radical (unpaired) electrons. The first-order valence-electron chi connectivity index (χ1n) is 8.83. The largest absolute Gasteiger partial charge is 0.573 e. The van der Waals surface area contributed by atoms with Crippen LogP contribution in [0.1, 0.15) is 40.5 Å². The van der Waals surface area contributed by atoms with Gasteiger partial charge < -0.3 is 10.1 Å². The lowest BCUT2D eigenvalue weighted by Gasteiger charge is -2.16. The summed E-state index contributed by atoms with van der Waals surface area (Å²) in [7, 11) is 5.60. The number of carbonyl (C=O) groups is 1. The number of alkyl halides is 3. The highest BCUT2D eigenvalue weighted by atomic mass is 19.4. The summed E-state index contributed by atoms with van der Waals surface area (Å²) in [6.45, 7) is 3.28. The van der Waals surface area contributed by atoms with Gasteiger partial charge in [0.2, 0.25) is 0 Å². The molecule has 1 amide bonds. The van der Waals surface area contributed by atoms with Gasteiger partial charge in [-0.3, -0.25) is 4.79 Å². The summed E-state index contributed by atoms with van der Waals surface area (Å²) in [5, 5.41) is 15.8. The van der Waals surface area contributed by atoms with Gasteiger partial charge in [-0.15, -0.1) is 18.3 Å². The monoisotopic (exact) mass is 426 g/mol. The smallest absolute Gasteiger partial charge is 0.406 e. The van der Waals surface area contributed by atoms with Crippen LogP contribution in [0.4, 0.5) is 13.2 Å². The van der Waals surface area contributed by atoms with Crippen LogP contribution in [0, 0.1) is 18.3 Å². The van der Waals surface area contributed by atoms with E-state index in [1.807, 2.05) is 6.07 Å². The van der Waals surface area contributed by atoms with Crippen molar-refractivity contribution in [3.63, 3.8) is 0 Å². The topological polar surface area (TPSA) is 106 Å². The average molecular weight is 426 g/mol. The van der Waals surface area contributed by atoms with Gasteiger partial charge in [0, 0.05) is 11.8 Å². The molecule has 1 N–H and O–H groups in total. The fourth-order valence-electron chi connectivity index (χ4n) is 2.75. The van der Waals surface area contributed by atoms with Crippen LogP contribution in [0.3, 0.4) is 0 Å². The third-order valence-corrected chi connectivity index (χ3v) is 3.99. The lowest BCUT2D eigenvalue weighted by atomic mass is 9.93. The van der Waals surface area contributed by atoms with Crippen molar-refractivity contribution in [2.24, 2.45) is 0 Å². The quantitative estimate of drug-likeness (QED) is 0.626. The lowest BCUT2D eigenvalue weighted by molar-refractivity contribution is -0.274. The molecule has 2 heterocycles. The Morgan fingerprint density at radius 2 is 2.06 bits per heavy atom. The third-order valence-electron chi connectivity index (χ3n) is 3.99. The highest BCUT2D eigenvalue weighted by Crippen LogP contribution is 2.23. The molecule has 0 aliphatic carbocycles. The van der Waals surface area contributed by atoms with E-state index in [2.05, 4.69) is 25.1 Å². The number of amides is 1. The number of carbonyl (C=O) groups excluding carboxylic acids is 1. The van der Waals surface area contributed by atoms with E-state index in [1.54, 1.807) is 26.0 Å². The second-order valence-electron chi connectivity index (χ2n) is 6.48. The maximum Gasteiger partial charge on any atom is 0.573 e. The molecule has 1 aromatic carbocycles. The summed E-state index contributed by atoms with van der Waals surface area (Å²) in [5.41, 5.74) is 0.174. The molecular formula is C19H14BF3N6O2. The van der Waals surface area contributed by atoms with Gasteiger partial charge >= 0.3 is 6.36 Å². The molecule has 3 aromatic rings. The number of halogens is 3. The van der Waals surface area contributed by atoms with Crippen LogP contribution >= 0.6 is 0 Å². The van der Waals surface area contributed by atoms with Gasteiger partial charge in [0.1, 0.15) is 25.5 Å². The molecule has 8 nitrogen and oxygen atoms in total. The van der Waals surface area contributed by atoms with Gasteiger partial charge in [-0.2, -0.15) is 9.94 Å². The molecule has 12 heteroatoms. The Bertz CT molecular complexity index is 1150. The summed E-state index contributed by atoms with van der Waals surface area (Å²) in [6.07, 6.45) is -3.55. The van der Waals surface area contributed by atoms with Crippen molar-refractivity contribution in [2.45, 2.75) is 26.3 Å². The minimum atomic E-state index is -4.92. The fraction of sp³-hybridized carbons (Fsp3) is 0.211. The molecule has 0 aliphatic rings. The number of ether oxygens (including phenoxy) is 1. The van der Waals surface area contributed by atoms with Crippen LogP contribution in [0.5, 0.6) is 5.75 Å². The second-order valence-corrected chi connectivity index (χ2v) is 6.48. The van der Waals surface area contributed by atoms with Crippen LogP contribution in [0.25, 0.3) is 5.82 Å². The predicted molar refractivity (Wildman–Crippen MR) is 103 cm³/mol. The summed E-state index contributed by atoms with van der Waals surface area (Å²) in [6, 6.07) is 7.52. The molecule has 31 heavy (non-hydrogen) atoms. The molecular weight excluding hydrogens is 412 g/mol. The molecule has 2 aromatic heterocycles. The molecule has 3 rings (SSSR count). The van der Waals surface area contributed by atoms with Crippen molar-refractivity contribution in [3.05, 3.63) is 59.3 Å². The predicted octanol–water partition coefficient (Wildman–Crippen LogP) is 2.03. The standard InChI is InChI=1S/C19H14BF3N6O2/c1-10(17-27-11(2)28-29(17)16-4-3-12(8-24)9-25-16)26-18(30)13-5-14(20)7-15(6-13)31-19(21,22)23/h3-7,9-10H,1-2H3,(H,26,30)/t10-/m0/s1. The van der Waals surface area contributed by atoms with E-state index in [4.69, 9.17) is 13.1 Å². The van der Waals surface area contributed by atoms with Crippen molar-refractivity contribution in [2.75, 3.05) is 0 Å². The minimum absolute atomic E-state index is 0.0691. The van der Waals surface area contributed by atoms with Gasteiger partial charge in [0.25, 0.3) is 5.91 Å². The van der Waals surface area contributed by atoms with Gasteiger partial charge in [-0.1, -0.05) is 11.5 Å². The van der Waals surface area contributed by atoms with E-state index in [-0.39, 0.29) is 11.0 Å². The zero-order valence-electron chi connectivity index (χ0n) is 16.3. The number of nitriles is 1. The SMILES string of the molecule is [B]c1cc(OC(F)(F)F)cc(C(=O)N[C@@H](C)c2nc(C)nn2-c2ccc(C#N)cn2)c1. The van der Waals surface area contributed by atoms with E-state index in [0.29, 0.717) is 23.0 Å². The van der Waals surface area contributed by atoms with Gasteiger partial charge in [-0.05, 0) is 38.1 Å². The molecule has 0 unspecified atom stereocenters. The summed E-state index contributed by atoms with van der Waals surface area (Å²) in [5.74, 6) is -0.177. The molecule has 0 saturated carbocycles. The van der Waals surface area contributed by atoms with Crippen molar-refractivity contribution in [3.8, 4) is 17.6 Å². The lowest BCUT2D eigenvalue weighted by Crippen LogP contribution is -2.29. The average Bonchev–Trinajstić information content (AvgIpc) is 3.08. The number of benzene rings is 1. The molecule has 0 fully saturated rings. The van der Waals surface area contributed by atoms with Crippen LogP contribution in [0.15, 0.2) is 36.5 Å². The second kappa shape index (κ2) is 8.47. The van der Waals surface area contributed by atoms with Crippen LogP contribution in [-0.4, -0.2) is 39.9 Å². The first-order chi connectivity index (χ1) is 14.6. The third kappa shape index (κ3) is 5.39. The minimum Gasteiger partial charge on any atom is -0.406 e. The van der Waals surface area contributed by atoms with Gasteiger partial charge in [-0.25, -0.2) is 9.97 Å². The zero-order valence-corrected chi connectivity index (χ0v) is 16.3. The number of nitrogens with zero attached hydrogens (tertiary/aromatic N) is 5. The molecule has 0 saturated heterocycles. The maximum absolute atomic E-state index is 12.6. The number of aromatic nitrogens is 4. The number of rotatable bonds is 5. The summed E-state index contributed by atoms with van der Waals surface area (Å²) >= 11 is 0. The van der Waals surface area contributed by atoms with E-state index in [0.717, 1.165) is 12.1 Å². The Morgan fingerprint density at radius 3 is 2.68 bits per heavy atom. The fourth-order valence-corrected chi connectivity index (χ4v) is 2.75. The Hall–Kier alpha value is -3.88. The number of aryl methyl sites for hydroxylation is 1. The maximum atomic E-state index is 12.6. The Morgan fingerprint density at radius 1 is 1.32 bits per heavy atom. The van der Waals surface area contributed by atoms with Crippen LogP contribution in [0.2, 0.25) is 0 Å². The Kier molecular flexibility index (Phi) is 5.96. The first kappa shape index (κ1) is 21.8. The molecule has 156 valence electrons. The van der Waals surface area contributed by atoms with Crippen molar-refractivity contribution in [1.82, 2.24) is 25.1 Å². The van der Waals surface area contributed by atoms with Crippen molar-refractivity contribution < 1.29 is 22.7 Å². The van der Waals surface area contributed by atoms with E-state index < -0.39 is 24.1 Å². The Labute approximate surface area is 176 Å². The first-order valence-corrected chi connectivity index (χ1v) is 8.83. The van der Waals surface area contributed by atoms with E-state index in [1.165, 1.54) is 16.9 Å². The molecule has 0 bridgehead atoms. The number of hydrogen-bond donors (Lipinski definition) is 1. The zero-order chi connectivity index (χ0) is 22.8. The highest BCUT2D eigenvalue weighted by molar-refractivity contribution is 6.32. The number of pyridine rings is 1. The van der Waals surface area contributed by atoms with E-state index >= 15 is 0 Å². The van der Waals surface area contributed by atoms with Crippen molar-refractivity contribution >= 4 is 19.2 Å². The summed E-state index contributed by atoms with van der Waals surface area (Å²) < 4.78 is 42.7. The normalized spacial score (nSPS) is 12.1. The van der Waals surface area contributed by atoms with E-state index in [9.17, 15) is 18.0 Å². The molecule has 1 atom stereocenters. The highest BCUT2D eigenvalue weighted by Gasteiger charge is 2.31. The van der Waals surface area contributed by atoms with Crippen molar-refractivity contribution in [1.29, 1.82) is 5.26 Å². The number of nitrogens with one attached hydrogen (secondary N) is 1. The van der Waals surface area contributed by atoms with Crippen LogP contribution in [-0.2, 0) is 0 Å². The number of hydrogen-bond acceptors (Lipinski definition) is 6. The molecule has 0 aliphatic heterocycles. The van der Waals surface area contributed by atoms with Crippen LogP contribution < -0.4 is 15.5 Å². The van der Waals surface area contributed by atoms with Gasteiger partial charge in [0.15, 0.2) is 11.6 Å². The Balaban J connectivity index is 1.84. The summed E-state index contributed by atoms with van der Waals surface area (Å²) in [4.78, 5) is 21.1.